The average molecular weight is 458 g/mol. The fourth-order valence-corrected chi connectivity index (χ4v) is 6.07. The molecule has 2 unspecified atom stereocenters. The normalized spacial score (nSPS) is 15.8. The van der Waals surface area contributed by atoms with Gasteiger partial charge in [-0.1, -0.05) is 39.0 Å². The van der Waals surface area contributed by atoms with Crippen molar-refractivity contribution in [3.8, 4) is 0 Å². The number of unbranched alkanes of at least 4 members (excludes halogenated alkanes) is 5. The molecule has 1 aromatic rings. The van der Waals surface area contributed by atoms with Crippen LogP contribution in [-0.2, 0) is 25.7 Å². The summed E-state index contributed by atoms with van der Waals surface area (Å²) in [6.45, 7) is 1.37. The lowest BCUT2D eigenvalue weighted by molar-refractivity contribution is -0.694. The SMILES string of the molecule is CCCCCCCCS(=O)(=O)Nc1ccc[n+](CC(P(=O)([O-])O)P(=O)(O)O)c1. The number of aromatic nitrogens is 1. The molecule has 0 aromatic carbocycles. The van der Waals surface area contributed by atoms with Crippen molar-refractivity contribution in [2.45, 2.75) is 57.4 Å². The van der Waals surface area contributed by atoms with Crippen molar-refractivity contribution in [3.05, 3.63) is 24.5 Å². The third-order valence-electron chi connectivity index (χ3n) is 4.04. The molecule has 0 fully saturated rings. The molecule has 0 amide bonds. The third-order valence-corrected chi connectivity index (χ3v) is 9.04. The summed E-state index contributed by atoms with van der Waals surface area (Å²) in [7, 11) is -14.1. The summed E-state index contributed by atoms with van der Waals surface area (Å²) in [6, 6.07) is 2.82. The summed E-state index contributed by atoms with van der Waals surface area (Å²) < 4.78 is 50.4. The zero-order chi connectivity index (χ0) is 21.4. The van der Waals surface area contributed by atoms with Gasteiger partial charge in [-0.2, -0.15) is 0 Å². The van der Waals surface area contributed by atoms with Crippen molar-refractivity contribution >= 4 is 30.9 Å². The van der Waals surface area contributed by atoms with E-state index in [0.29, 0.717) is 6.42 Å². The van der Waals surface area contributed by atoms with Crippen LogP contribution in [0.2, 0.25) is 0 Å². The molecule has 13 heteroatoms. The van der Waals surface area contributed by atoms with E-state index in [1.54, 1.807) is 0 Å². The van der Waals surface area contributed by atoms with Crippen molar-refractivity contribution in [3.63, 3.8) is 0 Å². The Morgan fingerprint density at radius 1 is 1.14 bits per heavy atom. The highest BCUT2D eigenvalue weighted by Gasteiger charge is 2.40. The second-order valence-electron chi connectivity index (χ2n) is 6.61. The summed E-state index contributed by atoms with van der Waals surface area (Å²) in [4.78, 5) is 38.7. The van der Waals surface area contributed by atoms with Gasteiger partial charge in [0, 0.05) is 6.07 Å². The number of rotatable bonds is 13. The summed E-state index contributed by atoms with van der Waals surface area (Å²) in [5.41, 5.74) is 0.122. The van der Waals surface area contributed by atoms with Gasteiger partial charge in [-0.05, 0) is 12.5 Å². The van der Waals surface area contributed by atoms with E-state index in [1.165, 1.54) is 24.5 Å². The van der Waals surface area contributed by atoms with Crippen LogP contribution in [0.15, 0.2) is 24.5 Å². The number of nitrogens with one attached hydrogen (secondary N) is 1. The minimum Gasteiger partial charge on any atom is -0.778 e. The fraction of sp³-hybridized carbons (Fsp3) is 0.667. The lowest BCUT2D eigenvalue weighted by Crippen LogP contribution is -2.40. The highest BCUT2D eigenvalue weighted by molar-refractivity contribution is 7.92. The first kappa shape index (κ1) is 25.2. The molecule has 0 spiro atoms. The van der Waals surface area contributed by atoms with Crippen LogP contribution in [0.5, 0.6) is 0 Å². The Kier molecular flexibility index (Phi) is 9.76. The first-order valence-electron chi connectivity index (χ1n) is 8.93. The Morgan fingerprint density at radius 3 is 2.32 bits per heavy atom. The highest BCUT2D eigenvalue weighted by Crippen LogP contribution is 2.57. The number of pyridine rings is 1. The van der Waals surface area contributed by atoms with Gasteiger partial charge >= 0.3 is 7.60 Å². The van der Waals surface area contributed by atoms with Crippen LogP contribution in [0.1, 0.15) is 45.4 Å². The predicted octanol–water partition coefficient (Wildman–Crippen LogP) is 1.13. The molecule has 0 aliphatic carbocycles. The largest absolute Gasteiger partial charge is 0.778 e. The van der Waals surface area contributed by atoms with Gasteiger partial charge in [-0.15, -0.1) is 0 Å². The second-order valence-corrected chi connectivity index (χ2v) is 12.4. The Bertz CT molecular complexity index is 799. The van der Waals surface area contributed by atoms with Crippen LogP contribution in [0.4, 0.5) is 5.69 Å². The van der Waals surface area contributed by atoms with Gasteiger partial charge in [0.25, 0.3) is 0 Å². The number of sulfonamides is 1. The summed E-state index contributed by atoms with van der Waals surface area (Å²) >= 11 is 0. The van der Waals surface area contributed by atoms with Gasteiger partial charge in [0.05, 0.1) is 5.75 Å². The van der Waals surface area contributed by atoms with E-state index >= 15 is 0 Å². The lowest BCUT2D eigenvalue weighted by atomic mass is 10.1. The van der Waals surface area contributed by atoms with E-state index in [1.807, 2.05) is 0 Å². The molecular weight excluding hydrogens is 430 g/mol. The van der Waals surface area contributed by atoms with Crippen LogP contribution >= 0.6 is 15.2 Å². The Balaban J connectivity index is 2.74. The van der Waals surface area contributed by atoms with Crippen LogP contribution < -0.4 is 14.2 Å². The minimum absolute atomic E-state index is 0.0640. The van der Waals surface area contributed by atoms with Crippen LogP contribution in [0.25, 0.3) is 0 Å². The molecule has 4 N–H and O–H groups in total. The molecule has 0 aliphatic rings. The van der Waals surface area contributed by atoms with Crippen LogP contribution in [0, 0.1) is 0 Å². The highest BCUT2D eigenvalue weighted by atomic mass is 32.2. The van der Waals surface area contributed by atoms with Gasteiger partial charge in [-0.25, -0.2) is 13.0 Å². The van der Waals surface area contributed by atoms with E-state index in [2.05, 4.69) is 11.6 Å². The van der Waals surface area contributed by atoms with Crippen molar-refractivity contribution in [2.24, 2.45) is 0 Å². The molecule has 0 saturated heterocycles. The van der Waals surface area contributed by atoms with Crippen molar-refractivity contribution < 1.29 is 41.7 Å². The Morgan fingerprint density at radius 2 is 1.75 bits per heavy atom. The standard InChI is InChI=1S/C15H28N2O8P2S/c1-2-3-4-5-6-7-11-28(24,25)16-14-9-8-10-17(12-14)13-15(26(18,19)20)27(21,22)23/h8-10,12,15-16H,2-7,11,13H2,1H3,(H3-,18,19,20,21,22,23). The molecule has 0 bridgehead atoms. The fourth-order valence-electron chi connectivity index (χ4n) is 2.59. The number of nitrogens with zero attached hydrogens (tertiary/aromatic N) is 1. The van der Waals surface area contributed by atoms with E-state index in [0.717, 1.165) is 36.7 Å². The van der Waals surface area contributed by atoms with Crippen LogP contribution in [-0.4, -0.2) is 34.3 Å². The maximum absolute atomic E-state index is 12.2. The number of hydrogen-bond donors (Lipinski definition) is 4. The van der Waals surface area contributed by atoms with Gasteiger partial charge in [0.1, 0.15) is 5.69 Å². The first-order valence-corrected chi connectivity index (χ1v) is 13.9. The van der Waals surface area contributed by atoms with Crippen molar-refractivity contribution in [2.75, 3.05) is 10.5 Å². The molecule has 0 radical (unpaired) electrons. The molecular formula is C15H28N2O8P2S. The summed E-state index contributed by atoms with van der Waals surface area (Å²) in [5, 5.41) is -2.32. The Labute approximate surface area is 165 Å². The molecule has 2 atom stereocenters. The summed E-state index contributed by atoms with van der Waals surface area (Å²) in [5.74, 6) is -0.0640. The van der Waals surface area contributed by atoms with Gasteiger partial charge in [0.15, 0.2) is 31.9 Å². The van der Waals surface area contributed by atoms with E-state index in [9.17, 15) is 22.4 Å². The van der Waals surface area contributed by atoms with Crippen molar-refractivity contribution in [1.82, 2.24) is 0 Å². The predicted molar refractivity (Wildman–Crippen MR) is 103 cm³/mol. The average Bonchev–Trinajstić information content (AvgIpc) is 2.53. The van der Waals surface area contributed by atoms with E-state index in [4.69, 9.17) is 14.7 Å². The van der Waals surface area contributed by atoms with Crippen LogP contribution in [0.3, 0.4) is 0 Å². The molecule has 1 rings (SSSR count). The molecule has 28 heavy (non-hydrogen) atoms. The Hall–Kier alpha value is -0.800. The molecule has 1 heterocycles. The zero-order valence-electron chi connectivity index (χ0n) is 15.7. The molecule has 10 nitrogen and oxygen atoms in total. The topological polar surface area (TPSA) is 168 Å². The third kappa shape index (κ3) is 9.60. The van der Waals surface area contributed by atoms with E-state index in [-0.39, 0.29) is 11.4 Å². The maximum atomic E-state index is 12.2. The maximum Gasteiger partial charge on any atom is 0.343 e. The number of anilines is 1. The molecule has 1 aromatic heterocycles. The first-order chi connectivity index (χ1) is 12.8. The zero-order valence-corrected chi connectivity index (χ0v) is 18.3. The lowest BCUT2D eigenvalue weighted by Gasteiger charge is -2.25. The smallest absolute Gasteiger partial charge is 0.343 e. The molecule has 0 aliphatic heterocycles. The minimum atomic E-state index is -5.32. The van der Waals surface area contributed by atoms with Gasteiger partial charge < -0.3 is 24.1 Å². The number of hydrogen-bond acceptors (Lipinski definition) is 5. The molecule has 0 saturated carbocycles. The van der Waals surface area contributed by atoms with Gasteiger partial charge in [0.2, 0.25) is 10.0 Å². The van der Waals surface area contributed by atoms with Gasteiger partial charge in [-0.3, -0.25) is 9.29 Å². The monoisotopic (exact) mass is 458 g/mol. The quantitative estimate of drug-likeness (QED) is 0.194. The molecule has 162 valence electrons. The van der Waals surface area contributed by atoms with Crippen molar-refractivity contribution in [1.29, 1.82) is 0 Å². The van der Waals surface area contributed by atoms with E-state index < -0.39 is 37.2 Å². The summed E-state index contributed by atoms with van der Waals surface area (Å²) in [6.07, 6.45) is 8.09. The second kappa shape index (κ2) is 10.8.